The van der Waals surface area contributed by atoms with Gasteiger partial charge in [-0.1, -0.05) is 23.7 Å². The van der Waals surface area contributed by atoms with Crippen LogP contribution in [-0.4, -0.2) is 24.1 Å². The number of hydrogen-bond donors (Lipinski definition) is 1. The van der Waals surface area contributed by atoms with Crippen LogP contribution in [0.3, 0.4) is 0 Å². The number of fused-ring (bicyclic) bond motifs is 1. The molecule has 29 heavy (non-hydrogen) atoms. The fourth-order valence-electron chi connectivity index (χ4n) is 2.85. The van der Waals surface area contributed by atoms with Crippen molar-refractivity contribution < 1.29 is 23.4 Å². The van der Waals surface area contributed by atoms with Gasteiger partial charge >= 0.3 is 0 Å². The highest BCUT2D eigenvalue weighted by molar-refractivity contribution is 6.30. The molecule has 0 radical (unpaired) electrons. The van der Waals surface area contributed by atoms with Crippen LogP contribution in [0.15, 0.2) is 53.1 Å². The second-order valence-electron chi connectivity index (χ2n) is 6.47. The Labute approximate surface area is 172 Å². The topological polar surface area (TPSA) is 82.8 Å². The second kappa shape index (κ2) is 8.45. The third-order valence-corrected chi connectivity index (χ3v) is 4.63. The Balaban J connectivity index is 1.34. The minimum Gasteiger partial charge on any atom is -0.486 e. The molecule has 1 N–H and O–H groups in total. The van der Waals surface area contributed by atoms with E-state index in [1.165, 1.54) is 6.26 Å². The highest BCUT2D eigenvalue weighted by Crippen LogP contribution is 2.33. The fraction of sp³-hybridized carbons (Fsp3) is 0.238. The minimum absolute atomic E-state index is 0.0830. The van der Waals surface area contributed by atoms with Crippen molar-refractivity contribution in [3.05, 3.63) is 70.9 Å². The number of oxazole rings is 1. The molecule has 0 fully saturated rings. The molecular weight excluding hydrogens is 396 g/mol. The largest absolute Gasteiger partial charge is 0.486 e. The van der Waals surface area contributed by atoms with Gasteiger partial charge in [0.2, 0.25) is 5.89 Å². The maximum atomic E-state index is 12.4. The zero-order valence-electron chi connectivity index (χ0n) is 15.7. The lowest BCUT2D eigenvalue weighted by atomic mass is 10.1. The van der Waals surface area contributed by atoms with E-state index in [-0.39, 0.29) is 24.2 Å². The van der Waals surface area contributed by atoms with E-state index in [9.17, 15) is 4.79 Å². The van der Waals surface area contributed by atoms with Gasteiger partial charge in [0.25, 0.3) is 5.91 Å². The number of rotatable bonds is 6. The number of carbonyl (C=O) groups is 1. The van der Waals surface area contributed by atoms with E-state index in [1.54, 1.807) is 30.3 Å². The first-order valence-corrected chi connectivity index (χ1v) is 9.49. The molecule has 0 bridgehead atoms. The average molecular weight is 415 g/mol. The van der Waals surface area contributed by atoms with Crippen molar-refractivity contribution in [1.29, 1.82) is 0 Å². The molecule has 0 saturated carbocycles. The van der Waals surface area contributed by atoms with Crippen molar-refractivity contribution in [3.8, 4) is 17.2 Å². The Bertz CT molecular complexity index is 1000. The molecule has 1 aliphatic heterocycles. The van der Waals surface area contributed by atoms with E-state index >= 15 is 0 Å². The molecule has 0 spiro atoms. The first kappa shape index (κ1) is 19.1. The maximum absolute atomic E-state index is 12.4. The zero-order chi connectivity index (χ0) is 20.2. The number of nitrogens with one attached hydrogen (secondary N) is 1. The average Bonchev–Trinajstić information content (AvgIpc) is 3.22. The first-order valence-electron chi connectivity index (χ1n) is 9.11. The highest BCUT2D eigenvalue weighted by atomic mass is 35.5. The second-order valence-corrected chi connectivity index (χ2v) is 6.90. The number of aromatic nitrogens is 1. The summed E-state index contributed by atoms with van der Waals surface area (Å²) < 4.78 is 22.0. The van der Waals surface area contributed by atoms with Gasteiger partial charge in [0, 0.05) is 11.1 Å². The van der Waals surface area contributed by atoms with Gasteiger partial charge < -0.3 is 23.9 Å². The van der Waals surface area contributed by atoms with E-state index in [1.807, 2.05) is 19.1 Å². The van der Waals surface area contributed by atoms with Crippen LogP contribution in [0.4, 0.5) is 0 Å². The van der Waals surface area contributed by atoms with Crippen LogP contribution in [-0.2, 0) is 6.61 Å². The molecule has 1 aliphatic rings. The molecule has 1 amide bonds. The van der Waals surface area contributed by atoms with Gasteiger partial charge in [0.15, 0.2) is 23.8 Å². The number of ether oxygens (including phenoxy) is 3. The van der Waals surface area contributed by atoms with Gasteiger partial charge in [-0.05, 0) is 36.8 Å². The Hall–Kier alpha value is -3.19. The third-order valence-electron chi connectivity index (χ3n) is 4.38. The first-order chi connectivity index (χ1) is 14.1. The summed E-state index contributed by atoms with van der Waals surface area (Å²) >= 11 is 5.89. The lowest BCUT2D eigenvalue weighted by Crippen LogP contribution is -2.26. The van der Waals surface area contributed by atoms with Crippen LogP contribution in [0.5, 0.6) is 17.2 Å². The molecule has 1 atom stereocenters. The van der Waals surface area contributed by atoms with Gasteiger partial charge in [-0.3, -0.25) is 4.79 Å². The smallest absolute Gasteiger partial charge is 0.273 e. The van der Waals surface area contributed by atoms with Gasteiger partial charge in [0.05, 0.1) is 6.04 Å². The van der Waals surface area contributed by atoms with Crippen LogP contribution in [0, 0.1) is 0 Å². The molecule has 0 saturated heterocycles. The summed E-state index contributed by atoms with van der Waals surface area (Å²) in [4.78, 5) is 16.6. The number of nitrogens with zero attached hydrogens (tertiary/aromatic N) is 1. The van der Waals surface area contributed by atoms with Gasteiger partial charge in [-0.2, -0.15) is 0 Å². The Morgan fingerprint density at radius 1 is 1.17 bits per heavy atom. The van der Waals surface area contributed by atoms with Crippen LogP contribution in [0.25, 0.3) is 0 Å². The molecule has 7 nitrogen and oxygen atoms in total. The summed E-state index contributed by atoms with van der Waals surface area (Å²) in [5.74, 6) is 1.88. The van der Waals surface area contributed by atoms with Crippen molar-refractivity contribution in [3.63, 3.8) is 0 Å². The number of benzene rings is 2. The number of amides is 1. The molecule has 3 aromatic rings. The predicted molar refractivity (Wildman–Crippen MR) is 106 cm³/mol. The number of hydrogen-bond acceptors (Lipinski definition) is 6. The summed E-state index contributed by atoms with van der Waals surface area (Å²) in [6, 6.07) is 12.4. The van der Waals surface area contributed by atoms with E-state index in [4.69, 9.17) is 30.2 Å². The standard InChI is InChI=1S/C21H19ClN2O5/c1-13(14-2-4-15(22)5-3-14)23-21(25)17-11-29-20(24-17)12-28-16-6-7-18-19(10-16)27-9-8-26-18/h2-7,10-11,13H,8-9,12H2,1H3,(H,23,25)/t13-/m1/s1. The summed E-state index contributed by atoms with van der Waals surface area (Å²) in [7, 11) is 0. The molecule has 2 aromatic carbocycles. The molecule has 1 aromatic heterocycles. The number of carbonyl (C=O) groups excluding carboxylic acids is 1. The van der Waals surface area contributed by atoms with Crippen molar-refractivity contribution in [2.45, 2.75) is 19.6 Å². The SMILES string of the molecule is C[C@@H](NC(=O)c1coc(COc2ccc3c(c2)OCCO3)n1)c1ccc(Cl)cc1. The normalized spacial score (nSPS) is 13.6. The summed E-state index contributed by atoms with van der Waals surface area (Å²) in [6.45, 7) is 3.00. The van der Waals surface area contributed by atoms with E-state index in [0.29, 0.717) is 41.4 Å². The molecule has 0 aliphatic carbocycles. The lowest BCUT2D eigenvalue weighted by molar-refractivity contribution is 0.0934. The van der Waals surface area contributed by atoms with Gasteiger partial charge in [-0.15, -0.1) is 0 Å². The molecule has 150 valence electrons. The summed E-state index contributed by atoms with van der Waals surface area (Å²) in [6.07, 6.45) is 1.31. The monoisotopic (exact) mass is 414 g/mol. The van der Waals surface area contributed by atoms with E-state index < -0.39 is 0 Å². The summed E-state index contributed by atoms with van der Waals surface area (Å²) in [5, 5.41) is 3.52. The molecule has 2 heterocycles. The molecule has 0 unspecified atom stereocenters. The van der Waals surface area contributed by atoms with E-state index in [2.05, 4.69) is 10.3 Å². The fourth-order valence-corrected chi connectivity index (χ4v) is 2.97. The Morgan fingerprint density at radius 2 is 1.93 bits per heavy atom. The van der Waals surface area contributed by atoms with E-state index in [0.717, 1.165) is 5.56 Å². The molecular formula is C21H19ClN2O5. The van der Waals surface area contributed by atoms with Crippen molar-refractivity contribution in [2.75, 3.05) is 13.2 Å². The minimum atomic E-state index is -0.332. The zero-order valence-corrected chi connectivity index (χ0v) is 16.4. The molecule has 4 rings (SSSR count). The third kappa shape index (κ3) is 4.63. The molecule has 8 heteroatoms. The predicted octanol–water partition coefficient (Wildman–Crippen LogP) is 4.17. The Kier molecular flexibility index (Phi) is 5.57. The summed E-state index contributed by atoms with van der Waals surface area (Å²) in [5.41, 5.74) is 1.12. The Morgan fingerprint density at radius 3 is 2.72 bits per heavy atom. The quantitative estimate of drug-likeness (QED) is 0.651. The van der Waals surface area contributed by atoms with Crippen LogP contribution in [0.1, 0.15) is 34.9 Å². The van der Waals surface area contributed by atoms with Crippen molar-refractivity contribution >= 4 is 17.5 Å². The lowest BCUT2D eigenvalue weighted by Gasteiger charge is -2.18. The van der Waals surface area contributed by atoms with Crippen molar-refractivity contribution in [2.24, 2.45) is 0 Å². The van der Waals surface area contributed by atoms with Crippen LogP contribution >= 0.6 is 11.6 Å². The number of halogens is 1. The van der Waals surface area contributed by atoms with Crippen LogP contribution in [0.2, 0.25) is 5.02 Å². The van der Waals surface area contributed by atoms with Crippen molar-refractivity contribution in [1.82, 2.24) is 10.3 Å². The van der Waals surface area contributed by atoms with Crippen LogP contribution < -0.4 is 19.5 Å². The van der Waals surface area contributed by atoms with Gasteiger partial charge in [-0.25, -0.2) is 4.98 Å². The highest BCUT2D eigenvalue weighted by Gasteiger charge is 2.17. The van der Waals surface area contributed by atoms with Gasteiger partial charge in [0.1, 0.15) is 25.2 Å². The maximum Gasteiger partial charge on any atom is 0.273 e.